The number of nitrogens with one attached hydrogen (secondary N) is 1. The monoisotopic (exact) mass is 297 g/mol. The minimum Gasteiger partial charge on any atom is -0.324 e. The molecule has 2 rings (SSSR count). The number of carbonyl (C=O) groups is 2. The summed E-state index contributed by atoms with van der Waals surface area (Å²) in [6.45, 7) is 1.20. The molecule has 1 aromatic carbocycles. The Morgan fingerprint density at radius 1 is 1.30 bits per heavy atom. The molecule has 0 atom stereocenters. The Balaban J connectivity index is 2.14. The first-order valence-electron chi connectivity index (χ1n) is 6.03. The molecule has 8 heteroatoms. The van der Waals surface area contributed by atoms with Crippen molar-refractivity contribution in [1.82, 2.24) is 10.2 Å². The van der Waals surface area contributed by atoms with Crippen molar-refractivity contribution in [2.45, 2.75) is 12.8 Å². The highest BCUT2D eigenvalue weighted by molar-refractivity contribution is 6.34. The summed E-state index contributed by atoms with van der Waals surface area (Å²) in [5.74, 6) is -0.740. The van der Waals surface area contributed by atoms with Gasteiger partial charge in [-0.1, -0.05) is 11.6 Å². The van der Waals surface area contributed by atoms with Crippen LogP contribution in [0.3, 0.4) is 0 Å². The number of nitro groups is 1. The summed E-state index contributed by atoms with van der Waals surface area (Å²) in [7, 11) is 0. The fourth-order valence-electron chi connectivity index (χ4n) is 1.96. The molecule has 0 saturated carbocycles. The number of non-ortho nitro benzene ring substituents is 1. The molecule has 0 aliphatic carbocycles. The topological polar surface area (TPSA) is 92.6 Å². The molecule has 1 heterocycles. The number of amides is 3. The van der Waals surface area contributed by atoms with E-state index in [1.54, 1.807) is 0 Å². The first-order valence-corrected chi connectivity index (χ1v) is 6.41. The summed E-state index contributed by atoms with van der Waals surface area (Å²) in [6.07, 6.45) is 1.80. The van der Waals surface area contributed by atoms with E-state index in [0.717, 1.165) is 18.9 Å². The second-order valence-electron chi connectivity index (χ2n) is 4.37. The molecule has 1 aliphatic heterocycles. The van der Waals surface area contributed by atoms with Crippen molar-refractivity contribution < 1.29 is 14.5 Å². The second kappa shape index (κ2) is 5.87. The number of carbonyl (C=O) groups excluding carboxylic acids is 2. The van der Waals surface area contributed by atoms with Gasteiger partial charge < -0.3 is 4.90 Å². The highest BCUT2D eigenvalue weighted by atomic mass is 35.5. The van der Waals surface area contributed by atoms with E-state index in [9.17, 15) is 19.7 Å². The summed E-state index contributed by atoms with van der Waals surface area (Å²) in [6, 6.07) is 3.00. The molecule has 0 unspecified atom stereocenters. The van der Waals surface area contributed by atoms with Gasteiger partial charge >= 0.3 is 6.03 Å². The molecule has 106 valence electrons. The van der Waals surface area contributed by atoms with E-state index in [0.29, 0.717) is 13.1 Å². The van der Waals surface area contributed by atoms with E-state index < -0.39 is 16.9 Å². The predicted molar refractivity (Wildman–Crippen MR) is 71.8 cm³/mol. The minimum atomic E-state index is -0.740. The van der Waals surface area contributed by atoms with E-state index in [4.69, 9.17) is 11.6 Å². The molecule has 1 saturated heterocycles. The largest absolute Gasteiger partial charge is 0.324 e. The molecule has 3 amide bonds. The first-order chi connectivity index (χ1) is 9.49. The van der Waals surface area contributed by atoms with Crippen LogP contribution in [0.15, 0.2) is 18.2 Å². The van der Waals surface area contributed by atoms with Crippen LogP contribution in [0.2, 0.25) is 5.02 Å². The van der Waals surface area contributed by atoms with Gasteiger partial charge in [0.2, 0.25) is 0 Å². The van der Waals surface area contributed by atoms with Crippen LogP contribution < -0.4 is 5.32 Å². The maximum absolute atomic E-state index is 11.9. The zero-order chi connectivity index (χ0) is 14.7. The highest BCUT2D eigenvalue weighted by Crippen LogP contribution is 2.22. The molecule has 0 aromatic heterocycles. The Hall–Kier alpha value is -2.15. The lowest BCUT2D eigenvalue weighted by molar-refractivity contribution is -0.384. The van der Waals surface area contributed by atoms with Crippen LogP contribution in [0, 0.1) is 10.1 Å². The third-order valence-electron chi connectivity index (χ3n) is 3.02. The molecular weight excluding hydrogens is 286 g/mol. The Labute approximate surface area is 119 Å². The zero-order valence-corrected chi connectivity index (χ0v) is 11.2. The Morgan fingerprint density at radius 3 is 2.55 bits per heavy atom. The molecule has 0 spiro atoms. The van der Waals surface area contributed by atoms with Crippen LogP contribution in [0.5, 0.6) is 0 Å². The number of nitro benzene ring substituents is 1. The standard InChI is InChI=1S/C12H12ClN3O4/c13-10-4-3-8(16(19)20)7-9(10)11(17)14-12(18)15-5-1-2-6-15/h3-4,7H,1-2,5-6H2,(H,14,17,18). The molecule has 1 N–H and O–H groups in total. The van der Waals surface area contributed by atoms with Crippen LogP contribution in [0.1, 0.15) is 23.2 Å². The summed E-state index contributed by atoms with van der Waals surface area (Å²) < 4.78 is 0. The van der Waals surface area contributed by atoms with Gasteiger partial charge in [-0.2, -0.15) is 0 Å². The van der Waals surface area contributed by atoms with Crippen molar-refractivity contribution in [2.24, 2.45) is 0 Å². The summed E-state index contributed by atoms with van der Waals surface area (Å²) in [5.41, 5.74) is -0.346. The van der Waals surface area contributed by atoms with Crippen molar-refractivity contribution in [3.05, 3.63) is 38.9 Å². The van der Waals surface area contributed by atoms with Gasteiger partial charge in [0.1, 0.15) is 0 Å². The lowest BCUT2D eigenvalue weighted by Gasteiger charge is -2.15. The molecule has 7 nitrogen and oxygen atoms in total. The summed E-state index contributed by atoms with van der Waals surface area (Å²) in [5, 5.41) is 12.9. The fraction of sp³-hybridized carbons (Fsp3) is 0.333. The summed E-state index contributed by atoms with van der Waals surface area (Å²) in [4.78, 5) is 35.3. The normalized spacial score (nSPS) is 14.2. The Bertz CT molecular complexity index is 570. The first kappa shape index (κ1) is 14.3. The van der Waals surface area contributed by atoms with Crippen molar-refractivity contribution in [3.8, 4) is 0 Å². The average molecular weight is 298 g/mol. The number of hydrogen-bond donors (Lipinski definition) is 1. The average Bonchev–Trinajstić information content (AvgIpc) is 2.92. The number of halogens is 1. The highest BCUT2D eigenvalue weighted by Gasteiger charge is 2.22. The second-order valence-corrected chi connectivity index (χ2v) is 4.78. The quantitative estimate of drug-likeness (QED) is 0.669. The van der Waals surface area contributed by atoms with E-state index >= 15 is 0 Å². The molecule has 1 aliphatic rings. The van der Waals surface area contributed by atoms with E-state index in [2.05, 4.69) is 5.32 Å². The third-order valence-corrected chi connectivity index (χ3v) is 3.35. The number of benzene rings is 1. The number of imide groups is 1. The van der Waals surface area contributed by atoms with Crippen molar-refractivity contribution in [1.29, 1.82) is 0 Å². The Morgan fingerprint density at radius 2 is 1.95 bits per heavy atom. The molecule has 1 fully saturated rings. The van der Waals surface area contributed by atoms with Gasteiger partial charge in [-0.3, -0.25) is 20.2 Å². The van der Waals surface area contributed by atoms with Crippen LogP contribution >= 0.6 is 11.6 Å². The molecule has 0 bridgehead atoms. The SMILES string of the molecule is O=C(NC(=O)N1CCCC1)c1cc([N+](=O)[O-])ccc1Cl. The third kappa shape index (κ3) is 3.05. The zero-order valence-electron chi connectivity index (χ0n) is 10.5. The lowest BCUT2D eigenvalue weighted by atomic mass is 10.2. The van der Waals surface area contributed by atoms with Gasteiger partial charge in [0.25, 0.3) is 11.6 Å². The van der Waals surface area contributed by atoms with Crippen LogP contribution in [-0.4, -0.2) is 34.9 Å². The number of urea groups is 1. The van der Waals surface area contributed by atoms with E-state index in [1.807, 2.05) is 0 Å². The van der Waals surface area contributed by atoms with Gasteiger partial charge in [-0.25, -0.2) is 4.79 Å². The number of likely N-dealkylation sites (tertiary alicyclic amines) is 1. The molecule has 20 heavy (non-hydrogen) atoms. The lowest BCUT2D eigenvalue weighted by Crippen LogP contribution is -2.41. The van der Waals surface area contributed by atoms with Crippen molar-refractivity contribution in [2.75, 3.05) is 13.1 Å². The van der Waals surface area contributed by atoms with Gasteiger partial charge in [-0.05, 0) is 18.9 Å². The van der Waals surface area contributed by atoms with E-state index in [1.165, 1.54) is 17.0 Å². The maximum atomic E-state index is 11.9. The Kier molecular flexibility index (Phi) is 4.19. The summed E-state index contributed by atoms with van der Waals surface area (Å²) >= 11 is 5.83. The van der Waals surface area contributed by atoms with Crippen LogP contribution in [0.25, 0.3) is 0 Å². The van der Waals surface area contributed by atoms with E-state index in [-0.39, 0.29) is 16.3 Å². The molecular formula is C12H12ClN3O4. The van der Waals surface area contributed by atoms with Crippen molar-refractivity contribution >= 4 is 29.2 Å². The number of nitrogens with zero attached hydrogens (tertiary/aromatic N) is 2. The van der Waals surface area contributed by atoms with Gasteiger partial charge in [0.15, 0.2) is 0 Å². The van der Waals surface area contributed by atoms with Gasteiger partial charge in [-0.15, -0.1) is 0 Å². The van der Waals surface area contributed by atoms with Gasteiger partial charge in [0.05, 0.1) is 15.5 Å². The van der Waals surface area contributed by atoms with Crippen molar-refractivity contribution in [3.63, 3.8) is 0 Å². The molecule has 0 radical (unpaired) electrons. The number of hydrogen-bond acceptors (Lipinski definition) is 4. The fourth-order valence-corrected chi connectivity index (χ4v) is 2.17. The number of rotatable bonds is 2. The van der Waals surface area contributed by atoms with Gasteiger partial charge in [0, 0.05) is 25.2 Å². The van der Waals surface area contributed by atoms with Crippen LogP contribution in [-0.2, 0) is 0 Å². The molecule has 1 aromatic rings. The smallest absolute Gasteiger partial charge is 0.324 e. The maximum Gasteiger partial charge on any atom is 0.324 e. The minimum absolute atomic E-state index is 0.0577. The predicted octanol–water partition coefficient (Wildman–Crippen LogP) is 2.19. The van der Waals surface area contributed by atoms with Crippen LogP contribution in [0.4, 0.5) is 10.5 Å².